The van der Waals surface area contributed by atoms with Gasteiger partial charge in [-0.2, -0.15) is 0 Å². The topological polar surface area (TPSA) is 37.0 Å². The molecule has 1 atom stereocenters. The summed E-state index contributed by atoms with van der Waals surface area (Å²) < 4.78 is 5.28. The second-order valence-corrected chi connectivity index (χ2v) is 5.24. The number of ether oxygens (including phenoxy) is 1. The van der Waals surface area contributed by atoms with Crippen LogP contribution in [0, 0.1) is 0 Å². The summed E-state index contributed by atoms with van der Waals surface area (Å²) in [7, 11) is 1.70. The van der Waals surface area contributed by atoms with Crippen molar-refractivity contribution in [3.8, 4) is 5.75 Å². The van der Waals surface area contributed by atoms with Crippen LogP contribution in [0.15, 0.2) is 54.7 Å². The highest BCUT2D eigenvalue weighted by Crippen LogP contribution is 2.21. The monoisotopic (exact) mass is 280 g/mol. The lowest BCUT2D eigenvalue weighted by atomic mass is 10.1. The minimum atomic E-state index is 0.269. The van der Waals surface area contributed by atoms with Gasteiger partial charge < -0.3 is 15.0 Å². The van der Waals surface area contributed by atoms with Crippen molar-refractivity contribution in [2.75, 3.05) is 7.11 Å². The predicted octanol–water partition coefficient (Wildman–Crippen LogP) is 4.03. The minimum Gasteiger partial charge on any atom is -0.497 e. The first kappa shape index (κ1) is 13.7. The minimum absolute atomic E-state index is 0.269. The lowest BCUT2D eigenvalue weighted by Gasteiger charge is -2.15. The molecule has 0 aliphatic heterocycles. The van der Waals surface area contributed by atoms with E-state index in [4.69, 9.17) is 4.74 Å². The van der Waals surface area contributed by atoms with Crippen LogP contribution >= 0.6 is 0 Å². The fourth-order valence-corrected chi connectivity index (χ4v) is 2.59. The van der Waals surface area contributed by atoms with Gasteiger partial charge in [-0.25, -0.2) is 0 Å². The van der Waals surface area contributed by atoms with Gasteiger partial charge in [-0.1, -0.05) is 30.3 Å². The van der Waals surface area contributed by atoms with Crippen LogP contribution in [0.3, 0.4) is 0 Å². The van der Waals surface area contributed by atoms with E-state index in [1.54, 1.807) is 7.11 Å². The number of aromatic amines is 1. The molecule has 3 rings (SSSR count). The summed E-state index contributed by atoms with van der Waals surface area (Å²) in [6.45, 7) is 3.00. The van der Waals surface area contributed by atoms with Crippen molar-refractivity contribution in [1.29, 1.82) is 0 Å². The Balaban J connectivity index is 1.73. The number of aromatic nitrogens is 1. The van der Waals surface area contributed by atoms with Crippen molar-refractivity contribution >= 4 is 10.9 Å². The Morgan fingerprint density at radius 3 is 2.86 bits per heavy atom. The van der Waals surface area contributed by atoms with Crippen LogP contribution in [-0.2, 0) is 6.54 Å². The van der Waals surface area contributed by atoms with Crippen LogP contribution < -0.4 is 10.1 Å². The Morgan fingerprint density at radius 1 is 1.14 bits per heavy atom. The van der Waals surface area contributed by atoms with E-state index >= 15 is 0 Å². The van der Waals surface area contributed by atoms with Crippen molar-refractivity contribution in [2.45, 2.75) is 19.5 Å². The fourth-order valence-electron chi connectivity index (χ4n) is 2.59. The number of hydrogen-bond acceptors (Lipinski definition) is 2. The van der Waals surface area contributed by atoms with Crippen molar-refractivity contribution in [2.24, 2.45) is 0 Å². The van der Waals surface area contributed by atoms with Crippen molar-refractivity contribution in [1.82, 2.24) is 10.3 Å². The Bertz CT molecular complexity index is 733. The molecule has 0 saturated carbocycles. The third kappa shape index (κ3) is 2.93. The van der Waals surface area contributed by atoms with E-state index in [0.29, 0.717) is 0 Å². The zero-order valence-corrected chi connectivity index (χ0v) is 12.4. The van der Waals surface area contributed by atoms with E-state index in [0.717, 1.165) is 12.3 Å². The average Bonchev–Trinajstić information content (AvgIpc) is 3.01. The molecule has 0 bridgehead atoms. The van der Waals surface area contributed by atoms with Gasteiger partial charge in [0.1, 0.15) is 5.75 Å². The predicted molar refractivity (Wildman–Crippen MR) is 86.5 cm³/mol. The number of methoxy groups -OCH3 is 1. The number of benzene rings is 2. The molecule has 0 saturated heterocycles. The first-order valence-corrected chi connectivity index (χ1v) is 7.20. The van der Waals surface area contributed by atoms with Gasteiger partial charge in [-0.05, 0) is 41.6 Å². The summed E-state index contributed by atoms with van der Waals surface area (Å²) in [5.41, 5.74) is 3.73. The van der Waals surface area contributed by atoms with E-state index in [9.17, 15) is 0 Å². The summed E-state index contributed by atoms with van der Waals surface area (Å²) >= 11 is 0. The molecule has 0 amide bonds. The Labute approximate surface area is 125 Å². The lowest BCUT2D eigenvalue weighted by molar-refractivity contribution is 0.413. The Kier molecular flexibility index (Phi) is 3.93. The molecular weight excluding hydrogens is 260 g/mol. The summed E-state index contributed by atoms with van der Waals surface area (Å²) in [6, 6.07) is 16.9. The number of nitrogens with one attached hydrogen (secondary N) is 2. The second-order valence-electron chi connectivity index (χ2n) is 5.24. The van der Waals surface area contributed by atoms with Gasteiger partial charge in [-0.3, -0.25) is 0 Å². The Hall–Kier alpha value is -2.26. The molecule has 21 heavy (non-hydrogen) atoms. The van der Waals surface area contributed by atoms with E-state index in [1.807, 2.05) is 18.3 Å². The van der Waals surface area contributed by atoms with Crippen molar-refractivity contribution in [3.05, 3.63) is 65.9 Å². The third-order valence-electron chi connectivity index (χ3n) is 3.87. The highest BCUT2D eigenvalue weighted by molar-refractivity contribution is 5.82. The molecule has 3 nitrogen and oxygen atoms in total. The smallest absolute Gasteiger partial charge is 0.119 e. The quantitative estimate of drug-likeness (QED) is 0.740. The van der Waals surface area contributed by atoms with E-state index in [-0.39, 0.29) is 6.04 Å². The maximum Gasteiger partial charge on any atom is 0.119 e. The second kappa shape index (κ2) is 6.02. The molecule has 3 aromatic rings. The molecule has 0 radical (unpaired) electrons. The van der Waals surface area contributed by atoms with Crippen LogP contribution in [0.4, 0.5) is 0 Å². The molecule has 2 N–H and O–H groups in total. The van der Waals surface area contributed by atoms with Crippen molar-refractivity contribution < 1.29 is 4.74 Å². The van der Waals surface area contributed by atoms with Crippen LogP contribution in [0.5, 0.6) is 5.75 Å². The standard InChI is InChI=1S/C18H20N2O/c1-13(15-6-4-8-17(11-15)21-2)20-12-16-7-3-5-14-9-10-19-18(14)16/h3-11,13,19-20H,12H2,1-2H3/t13-/m1/s1. The molecule has 3 heteroatoms. The van der Waals surface area contributed by atoms with Gasteiger partial charge in [-0.15, -0.1) is 0 Å². The number of fused-ring (bicyclic) bond motifs is 1. The fraction of sp³-hybridized carbons (Fsp3) is 0.222. The number of H-pyrrole nitrogens is 1. The Morgan fingerprint density at radius 2 is 2.00 bits per heavy atom. The van der Waals surface area contributed by atoms with E-state index < -0.39 is 0 Å². The highest BCUT2D eigenvalue weighted by atomic mass is 16.5. The van der Waals surface area contributed by atoms with Gasteiger partial charge in [0.25, 0.3) is 0 Å². The summed E-state index contributed by atoms with van der Waals surface area (Å²) in [5.74, 6) is 0.896. The SMILES string of the molecule is COc1cccc([C@@H](C)NCc2cccc3cc[nH]c23)c1. The van der Waals surface area contributed by atoms with Gasteiger partial charge in [0.2, 0.25) is 0 Å². The molecule has 0 unspecified atom stereocenters. The molecule has 0 spiro atoms. The maximum absolute atomic E-state index is 5.28. The van der Waals surface area contributed by atoms with Crippen LogP contribution in [0.2, 0.25) is 0 Å². The number of para-hydroxylation sites is 1. The summed E-state index contributed by atoms with van der Waals surface area (Å²) in [4.78, 5) is 3.31. The normalized spacial score (nSPS) is 12.5. The van der Waals surface area contributed by atoms with Gasteiger partial charge in [0, 0.05) is 24.3 Å². The molecule has 2 aromatic carbocycles. The first-order chi connectivity index (χ1) is 10.3. The number of rotatable bonds is 5. The first-order valence-electron chi connectivity index (χ1n) is 7.20. The van der Waals surface area contributed by atoms with E-state index in [2.05, 4.69) is 53.6 Å². The largest absolute Gasteiger partial charge is 0.497 e. The maximum atomic E-state index is 5.28. The van der Waals surface area contributed by atoms with Gasteiger partial charge in [0.05, 0.1) is 7.11 Å². The van der Waals surface area contributed by atoms with Crippen LogP contribution in [0.1, 0.15) is 24.1 Å². The lowest BCUT2D eigenvalue weighted by Crippen LogP contribution is -2.18. The molecule has 0 fully saturated rings. The van der Waals surface area contributed by atoms with Crippen molar-refractivity contribution in [3.63, 3.8) is 0 Å². The molecule has 108 valence electrons. The highest BCUT2D eigenvalue weighted by Gasteiger charge is 2.07. The molecule has 1 heterocycles. The number of hydrogen-bond donors (Lipinski definition) is 2. The zero-order chi connectivity index (χ0) is 14.7. The molecule has 0 aliphatic carbocycles. The zero-order valence-electron chi connectivity index (χ0n) is 12.4. The van der Waals surface area contributed by atoms with Gasteiger partial charge >= 0.3 is 0 Å². The van der Waals surface area contributed by atoms with E-state index in [1.165, 1.54) is 22.0 Å². The molecular formula is C18H20N2O. The summed E-state index contributed by atoms with van der Waals surface area (Å²) in [6.07, 6.45) is 1.99. The van der Waals surface area contributed by atoms with Crippen LogP contribution in [-0.4, -0.2) is 12.1 Å². The van der Waals surface area contributed by atoms with Gasteiger partial charge in [0.15, 0.2) is 0 Å². The van der Waals surface area contributed by atoms with Crippen LogP contribution in [0.25, 0.3) is 10.9 Å². The summed E-state index contributed by atoms with van der Waals surface area (Å²) in [5, 5.41) is 4.83. The average molecular weight is 280 g/mol. The molecule has 1 aromatic heterocycles. The molecule has 0 aliphatic rings. The third-order valence-corrected chi connectivity index (χ3v) is 3.87.